The van der Waals surface area contributed by atoms with E-state index < -0.39 is 0 Å². The summed E-state index contributed by atoms with van der Waals surface area (Å²) in [5.74, 6) is 0.373. The minimum absolute atomic E-state index is 0.373. The van der Waals surface area contributed by atoms with Crippen LogP contribution in [0.2, 0.25) is 10.0 Å². The summed E-state index contributed by atoms with van der Waals surface area (Å²) < 4.78 is 0. The van der Waals surface area contributed by atoms with Crippen LogP contribution in [0.1, 0.15) is 47.1 Å². The minimum atomic E-state index is 0.373. The van der Waals surface area contributed by atoms with Gasteiger partial charge in [-0.1, -0.05) is 83.9 Å². The molecule has 0 heterocycles. The van der Waals surface area contributed by atoms with Crippen LogP contribution in [-0.4, -0.2) is 11.9 Å². The molecule has 0 bridgehead atoms. The van der Waals surface area contributed by atoms with Gasteiger partial charge in [-0.05, 0) is 54.3 Å². The molecule has 0 radical (unpaired) electrons. The average molecular weight is 396 g/mol. The van der Waals surface area contributed by atoms with Gasteiger partial charge in [-0.3, -0.25) is 4.90 Å². The fraction of sp³-hybridized carbons (Fsp3) is 0.250. The third kappa shape index (κ3) is 3.91. The lowest BCUT2D eigenvalue weighted by Gasteiger charge is -2.37. The Morgan fingerprint density at radius 1 is 0.815 bits per heavy atom. The van der Waals surface area contributed by atoms with Crippen molar-refractivity contribution >= 4 is 23.2 Å². The first kappa shape index (κ1) is 18.6. The molecule has 0 aliphatic heterocycles. The highest BCUT2D eigenvalue weighted by Crippen LogP contribution is 2.44. The number of hydrogen-bond acceptors (Lipinski definition) is 1. The van der Waals surface area contributed by atoms with Crippen molar-refractivity contribution in [2.45, 2.75) is 31.3 Å². The van der Waals surface area contributed by atoms with Crippen molar-refractivity contribution < 1.29 is 0 Å². The van der Waals surface area contributed by atoms with Crippen molar-refractivity contribution in [1.82, 2.24) is 4.90 Å². The molecule has 3 aromatic carbocycles. The molecule has 0 amide bonds. The Balaban J connectivity index is 1.64. The third-order valence-corrected chi connectivity index (χ3v) is 6.35. The number of benzene rings is 3. The van der Waals surface area contributed by atoms with E-state index in [1.165, 1.54) is 22.3 Å². The molecule has 0 N–H and O–H groups in total. The SMILES string of the molecule is CN(Cc1ccccc1)[C@H]1CC[C@@H](c2ccc(Cl)c(Cl)c2)c2ccccc21. The Kier molecular flexibility index (Phi) is 5.54. The lowest BCUT2D eigenvalue weighted by Crippen LogP contribution is -2.29. The zero-order valence-electron chi connectivity index (χ0n) is 15.4. The summed E-state index contributed by atoms with van der Waals surface area (Å²) in [6.45, 7) is 0.956. The second-order valence-corrected chi connectivity index (χ2v) is 8.16. The zero-order valence-corrected chi connectivity index (χ0v) is 16.9. The molecule has 1 aliphatic carbocycles. The summed E-state index contributed by atoms with van der Waals surface area (Å²) in [7, 11) is 2.23. The summed E-state index contributed by atoms with van der Waals surface area (Å²) in [6.07, 6.45) is 2.24. The molecule has 0 unspecified atom stereocenters. The van der Waals surface area contributed by atoms with Crippen LogP contribution in [0.15, 0.2) is 72.8 Å². The summed E-state index contributed by atoms with van der Waals surface area (Å²) in [4.78, 5) is 2.47. The monoisotopic (exact) mass is 395 g/mol. The van der Waals surface area contributed by atoms with Gasteiger partial charge in [-0.2, -0.15) is 0 Å². The molecular weight excluding hydrogens is 373 g/mol. The molecule has 3 heteroatoms. The van der Waals surface area contributed by atoms with Gasteiger partial charge in [0.1, 0.15) is 0 Å². The van der Waals surface area contributed by atoms with E-state index in [0.29, 0.717) is 22.0 Å². The van der Waals surface area contributed by atoms with E-state index in [9.17, 15) is 0 Å². The normalized spacial score (nSPS) is 19.1. The summed E-state index contributed by atoms with van der Waals surface area (Å²) in [5.41, 5.74) is 5.44. The van der Waals surface area contributed by atoms with Crippen molar-refractivity contribution in [2.24, 2.45) is 0 Å². The summed E-state index contributed by atoms with van der Waals surface area (Å²) >= 11 is 12.4. The van der Waals surface area contributed by atoms with E-state index in [2.05, 4.69) is 72.6 Å². The Labute approximate surface area is 171 Å². The number of halogens is 2. The Morgan fingerprint density at radius 3 is 2.26 bits per heavy atom. The first-order chi connectivity index (χ1) is 13.1. The maximum atomic E-state index is 6.29. The largest absolute Gasteiger partial charge is 0.295 e. The van der Waals surface area contributed by atoms with Crippen LogP contribution in [-0.2, 0) is 6.54 Å². The van der Waals surface area contributed by atoms with Crippen LogP contribution in [0.25, 0.3) is 0 Å². The quantitative estimate of drug-likeness (QED) is 0.455. The zero-order chi connectivity index (χ0) is 18.8. The summed E-state index contributed by atoms with van der Waals surface area (Å²) in [5, 5.41) is 1.25. The molecular formula is C24H23Cl2N. The van der Waals surface area contributed by atoms with Crippen LogP contribution in [0.4, 0.5) is 0 Å². The highest BCUT2D eigenvalue weighted by Gasteiger charge is 2.30. The summed E-state index contributed by atoms with van der Waals surface area (Å²) in [6, 6.07) is 26.0. The van der Waals surface area contributed by atoms with Gasteiger partial charge in [0.25, 0.3) is 0 Å². The molecule has 27 heavy (non-hydrogen) atoms. The number of fused-ring (bicyclic) bond motifs is 1. The molecule has 0 fully saturated rings. The van der Waals surface area contributed by atoms with Gasteiger partial charge in [0.2, 0.25) is 0 Å². The molecule has 1 nitrogen and oxygen atoms in total. The van der Waals surface area contributed by atoms with Crippen LogP contribution in [0.3, 0.4) is 0 Å². The smallest absolute Gasteiger partial charge is 0.0595 e. The van der Waals surface area contributed by atoms with Crippen molar-refractivity contribution in [2.75, 3.05) is 7.05 Å². The fourth-order valence-corrected chi connectivity index (χ4v) is 4.59. The van der Waals surface area contributed by atoms with E-state index in [1.54, 1.807) is 0 Å². The number of nitrogens with zero attached hydrogens (tertiary/aromatic N) is 1. The molecule has 0 saturated heterocycles. The Bertz CT molecular complexity index is 923. The van der Waals surface area contributed by atoms with E-state index in [-0.39, 0.29) is 0 Å². The minimum Gasteiger partial charge on any atom is -0.295 e. The molecule has 1 aliphatic rings. The fourth-order valence-electron chi connectivity index (χ4n) is 4.28. The average Bonchev–Trinajstić information content (AvgIpc) is 2.70. The van der Waals surface area contributed by atoms with E-state index >= 15 is 0 Å². The maximum absolute atomic E-state index is 6.29. The molecule has 0 aromatic heterocycles. The lowest BCUT2D eigenvalue weighted by atomic mass is 9.76. The first-order valence-corrected chi connectivity index (χ1v) is 10.2. The van der Waals surface area contributed by atoms with E-state index in [1.807, 2.05) is 12.1 Å². The van der Waals surface area contributed by atoms with Gasteiger partial charge in [0.05, 0.1) is 10.0 Å². The van der Waals surface area contributed by atoms with Crippen LogP contribution < -0.4 is 0 Å². The van der Waals surface area contributed by atoms with Gasteiger partial charge in [0.15, 0.2) is 0 Å². The van der Waals surface area contributed by atoms with Gasteiger partial charge < -0.3 is 0 Å². The van der Waals surface area contributed by atoms with Gasteiger partial charge in [-0.15, -0.1) is 0 Å². The Hall–Kier alpha value is -1.80. The third-order valence-electron chi connectivity index (χ3n) is 5.61. The molecule has 0 saturated carbocycles. The number of hydrogen-bond donors (Lipinski definition) is 0. The van der Waals surface area contributed by atoms with Crippen molar-refractivity contribution in [1.29, 1.82) is 0 Å². The molecule has 138 valence electrons. The number of rotatable bonds is 4. The maximum Gasteiger partial charge on any atom is 0.0595 e. The van der Waals surface area contributed by atoms with Gasteiger partial charge in [-0.25, -0.2) is 0 Å². The van der Waals surface area contributed by atoms with E-state index in [4.69, 9.17) is 23.2 Å². The van der Waals surface area contributed by atoms with Gasteiger partial charge >= 0.3 is 0 Å². The van der Waals surface area contributed by atoms with Crippen LogP contribution >= 0.6 is 23.2 Å². The van der Waals surface area contributed by atoms with Crippen LogP contribution in [0.5, 0.6) is 0 Å². The van der Waals surface area contributed by atoms with Crippen molar-refractivity contribution in [3.63, 3.8) is 0 Å². The van der Waals surface area contributed by atoms with Gasteiger partial charge in [0, 0.05) is 18.5 Å². The highest BCUT2D eigenvalue weighted by molar-refractivity contribution is 6.42. The molecule has 0 spiro atoms. The van der Waals surface area contributed by atoms with Crippen LogP contribution in [0, 0.1) is 0 Å². The molecule has 2 atom stereocenters. The Morgan fingerprint density at radius 2 is 1.52 bits per heavy atom. The van der Waals surface area contributed by atoms with Crippen molar-refractivity contribution in [3.05, 3.63) is 105 Å². The highest BCUT2D eigenvalue weighted by atomic mass is 35.5. The predicted octanol–water partition coefficient (Wildman–Crippen LogP) is 7.09. The van der Waals surface area contributed by atoms with E-state index in [0.717, 1.165) is 19.4 Å². The lowest BCUT2D eigenvalue weighted by molar-refractivity contribution is 0.209. The van der Waals surface area contributed by atoms with Crippen molar-refractivity contribution in [3.8, 4) is 0 Å². The second kappa shape index (κ2) is 8.06. The molecule has 4 rings (SSSR count). The first-order valence-electron chi connectivity index (χ1n) is 9.41. The second-order valence-electron chi connectivity index (χ2n) is 7.35. The topological polar surface area (TPSA) is 3.24 Å². The standard InChI is InChI=1S/C24H23Cl2N/c1-27(16-17-7-3-2-4-8-17)24-14-12-19(20-9-5-6-10-21(20)24)18-11-13-22(25)23(26)15-18/h2-11,13,15,19,24H,12,14,16H2,1H3/t19-,24-/m0/s1. The predicted molar refractivity (Wildman–Crippen MR) is 115 cm³/mol. The molecule has 3 aromatic rings.